The van der Waals surface area contributed by atoms with E-state index in [9.17, 15) is 0 Å². The van der Waals surface area contributed by atoms with E-state index >= 15 is 0 Å². The minimum atomic E-state index is 0.409. The maximum absolute atomic E-state index is 5.68. The lowest BCUT2D eigenvalue weighted by molar-refractivity contribution is 0.0391. The maximum Gasteiger partial charge on any atom is 0.107 e. The van der Waals surface area contributed by atoms with Crippen molar-refractivity contribution >= 4 is 0 Å². The van der Waals surface area contributed by atoms with Gasteiger partial charge in [0.15, 0.2) is 0 Å². The smallest absolute Gasteiger partial charge is 0.107 e. The molecule has 0 aliphatic carbocycles. The molecular weight excluding hydrogens is 336 g/mol. The molecule has 4 nitrogen and oxygen atoms in total. The van der Waals surface area contributed by atoms with E-state index in [1.54, 1.807) is 0 Å². The number of aryl methyl sites for hydroxylation is 1. The van der Waals surface area contributed by atoms with Crippen molar-refractivity contribution in [3.63, 3.8) is 0 Å². The van der Waals surface area contributed by atoms with Gasteiger partial charge in [-0.3, -0.25) is 9.80 Å². The Labute approximate surface area is 165 Å². The van der Waals surface area contributed by atoms with Crippen molar-refractivity contribution in [3.8, 4) is 11.8 Å². The van der Waals surface area contributed by atoms with E-state index in [1.165, 1.54) is 11.1 Å². The minimum absolute atomic E-state index is 0.409. The van der Waals surface area contributed by atoms with E-state index in [0.29, 0.717) is 25.7 Å². The fraction of sp³-hybridized carbons (Fsp3) is 0.652. The van der Waals surface area contributed by atoms with Crippen molar-refractivity contribution in [2.24, 2.45) is 5.92 Å². The molecule has 0 spiro atoms. The van der Waals surface area contributed by atoms with Gasteiger partial charge in [-0.05, 0) is 17.5 Å². The second kappa shape index (κ2) is 12.9. The zero-order chi connectivity index (χ0) is 19.3. The second-order valence-electron chi connectivity index (χ2n) is 7.43. The average molecular weight is 373 g/mol. The molecule has 1 heterocycles. The molecule has 0 bridgehead atoms. The first kappa shape index (κ1) is 21.9. The first-order chi connectivity index (χ1) is 13.2. The summed E-state index contributed by atoms with van der Waals surface area (Å²) in [4.78, 5) is 5.04. The van der Waals surface area contributed by atoms with Crippen molar-refractivity contribution in [1.29, 1.82) is 0 Å². The molecule has 4 heteroatoms. The second-order valence-corrected chi connectivity index (χ2v) is 7.43. The number of rotatable bonds is 10. The van der Waals surface area contributed by atoms with Gasteiger partial charge in [0.05, 0.1) is 19.8 Å². The van der Waals surface area contributed by atoms with Gasteiger partial charge >= 0.3 is 0 Å². The summed E-state index contributed by atoms with van der Waals surface area (Å²) in [5.74, 6) is 6.51. The molecule has 0 atom stereocenters. The molecule has 27 heavy (non-hydrogen) atoms. The van der Waals surface area contributed by atoms with Crippen LogP contribution >= 0.6 is 0 Å². The highest BCUT2D eigenvalue weighted by Gasteiger charge is 2.16. The third-order valence-electron chi connectivity index (χ3n) is 4.79. The summed E-state index contributed by atoms with van der Waals surface area (Å²) in [5.41, 5.74) is 2.83. The van der Waals surface area contributed by atoms with Crippen molar-refractivity contribution < 1.29 is 9.47 Å². The van der Waals surface area contributed by atoms with Crippen molar-refractivity contribution in [2.75, 3.05) is 59.2 Å². The number of nitrogens with zero attached hydrogens (tertiary/aromatic N) is 2. The minimum Gasteiger partial charge on any atom is -0.378 e. The van der Waals surface area contributed by atoms with Gasteiger partial charge in [-0.1, -0.05) is 56.9 Å². The van der Waals surface area contributed by atoms with Gasteiger partial charge in [-0.2, -0.15) is 0 Å². The van der Waals surface area contributed by atoms with Gasteiger partial charge in [0, 0.05) is 45.2 Å². The summed E-state index contributed by atoms with van der Waals surface area (Å²) in [6.45, 7) is 15.5. The fourth-order valence-corrected chi connectivity index (χ4v) is 3.09. The topological polar surface area (TPSA) is 24.9 Å². The number of ether oxygens (including phenoxy) is 2. The predicted molar refractivity (Wildman–Crippen MR) is 112 cm³/mol. The third-order valence-corrected chi connectivity index (χ3v) is 4.79. The van der Waals surface area contributed by atoms with Gasteiger partial charge in [-0.25, -0.2) is 0 Å². The van der Waals surface area contributed by atoms with Crippen molar-refractivity contribution in [2.45, 2.75) is 33.7 Å². The molecule has 1 fully saturated rings. The van der Waals surface area contributed by atoms with Crippen LogP contribution in [0.15, 0.2) is 24.3 Å². The molecule has 0 N–H and O–H groups in total. The number of benzene rings is 1. The number of hydrogen-bond donors (Lipinski definition) is 0. The Bertz CT molecular complexity index is 566. The molecule has 1 aliphatic heterocycles. The van der Waals surface area contributed by atoms with Gasteiger partial charge in [0.25, 0.3) is 0 Å². The predicted octanol–water partition coefficient (Wildman–Crippen LogP) is 3.06. The molecule has 1 aromatic rings. The first-order valence-corrected chi connectivity index (χ1v) is 10.3. The summed E-state index contributed by atoms with van der Waals surface area (Å²) >= 11 is 0. The van der Waals surface area contributed by atoms with E-state index in [0.717, 1.165) is 52.3 Å². The quantitative estimate of drug-likeness (QED) is 0.466. The highest BCUT2D eigenvalue weighted by Crippen LogP contribution is 2.10. The summed E-state index contributed by atoms with van der Waals surface area (Å²) in [5, 5.41) is 0. The average Bonchev–Trinajstić information content (AvgIpc) is 2.68. The van der Waals surface area contributed by atoms with Gasteiger partial charge in [-0.15, -0.1) is 0 Å². The van der Waals surface area contributed by atoms with Gasteiger partial charge in [0.1, 0.15) is 6.61 Å². The molecule has 1 aromatic carbocycles. The van der Waals surface area contributed by atoms with Crippen LogP contribution in [0.4, 0.5) is 0 Å². The van der Waals surface area contributed by atoms with E-state index in [4.69, 9.17) is 9.47 Å². The van der Waals surface area contributed by atoms with Gasteiger partial charge in [0.2, 0.25) is 0 Å². The lowest BCUT2D eigenvalue weighted by Gasteiger charge is -2.34. The SMILES string of the molecule is CCc1ccc(CN2CCN(CCOCCOCC#CC(C)C)CC2)cc1. The van der Waals surface area contributed by atoms with Crippen LogP contribution in [0, 0.1) is 17.8 Å². The van der Waals surface area contributed by atoms with E-state index in [-0.39, 0.29) is 0 Å². The van der Waals surface area contributed by atoms with E-state index in [1.807, 2.05) is 0 Å². The highest BCUT2D eigenvalue weighted by atomic mass is 16.5. The molecule has 0 amide bonds. The van der Waals surface area contributed by atoms with Crippen LogP contribution in [-0.2, 0) is 22.4 Å². The number of hydrogen-bond acceptors (Lipinski definition) is 4. The Kier molecular flexibility index (Phi) is 10.5. The summed E-state index contributed by atoms with van der Waals surface area (Å²) < 4.78 is 11.1. The Morgan fingerprint density at radius 3 is 2.19 bits per heavy atom. The van der Waals surface area contributed by atoms with Crippen molar-refractivity contribution in [3.05, 3.63) is 35.4 Å². The Balaban J connectivity index is 1.49. The van der Waals surface area contributed by atoms with Crippen LogP contribution in [0.3, 0.4) is 0 Å². The molecule has 0 radical (unpaired) electrons. The highest BCUT2D eigenvalue weighted by molar-refractivity contribution is 5.22. The Morgan fingerprint density at radius 2 is 1.52 bits per heavy atom. The normalized spacial score (nSPS) is 15.7. The van der Waals surface area contributed by atoms with E-state index in [2.05, 4.69) is 66.7 Å². The standard InChI is InChI=1S/C23H36N2O2/c1-4-22-7-9-23(10-8-22)20-25-13-11-24(12-14-25)15-17-27-19-18-26-16-5-6-21(2)3/h7-10,21H,4,11-20H2,1-3H3. The maximum atomic E-state index is 5.68. The molecular formula is C23H36N2O2. The van der Waals surface area contributed by atoms with Crippen LogP contribution < -0.4 is 0 Å². The fourth-order valence-electron chi connectivity index (χ4n) is 3.09. The molecule has 0 unspecified atom stereocenters. The van der Waals surface area contributed by atoms with Crippen LogP contribution in [0.25, 0.3) is 0 Å². The van der Waals surface area contributed by atoms with E-state index < -0.39 is 0 Å². The van der Waals surface area contributed by atoms with Crippen LogP contribution in [0.2, 0.25) is 0 Å². The summed E-state index contributed by atoms with van der Waals surface area (Å²) in [7, 11) is 0. The Morgan fingerprint density at radius 1 is 0.889 bits per heavy atom. The van der Waals surface area contributed by atoms with Crippen LogP contribution in [-0.4, -0.2) is 69.0 Å². The van der Waals surface area contributed by atoms with Crippen LogP contribution in [0.5, 0.6) is 0 Å². The lowest BCUT2D eigenvalue weighted by atomic mass is 10.1. The molecule has 1 aliphatic rings. The largest absolute Gasteiger partial charge is 0.378 e. The summed E-state index contributed by atoms with van der Waals surface area (Å²) in [6.07, 6.45) is 1.11. The van der Waals surface area contributed by atoms with Gasteiger partial charge < -0.3 is 9.47 Å². The summed E-state index contributed by atoms with van der Waals surface area (Å²) in [6, 6.07) is 9.05. The molecule has 150 valence electrons. The molecule has 1 saturated heterocycles. The number of piperazine rings is 1. The molecule has 0 aromatic heterocycles. The van der Waals surface area contributed by atoms with Crippen LogP contribution in [0.1, 0.15) is 31.9 Å². The lowest BCUT2D eigenvalue weighted by Crippen LogP contribution is -2.46. The van der Waals surface area contributed by atoms with Crippen molar-refractivity contribution in [1.82, 2.24) is 9.80 Å². The molecule has 0 saturated carbocycles. The molecule has 2 rings (SSSR count). The monoisotopic (exact) mass is 372 g/mol. The zero-order valence-electron chi connectivity index (χ0n) is 17.4. The Hall–Kier alpha value is -1.38. The zero-order valence-corrected chi connectivity index (χ0v) is 17.4. The third kappa shape index (κ3) is 9.39. The first-order valence-electron chi connectivity index (χ1n) is 10.3.